The predicted octanol–water partition coefficient (Wildman–Crippen LogP) is 2.79. The van der Waals surface area contributed by atoms with Crippen molar-refractivity contribution in [3.05, 3.63) is 29.8 Å². The summed E-state index contributed by atoms with van der Waals surface area (Å²) in [6.07, 6.45) is 9.22. The molecule has 2 atom stereocenters. The largest absolute Gasteiger partial charge is 0.488 e. The smallest absolute Gasteiger partial charge is 0.123 e. The average Bonchev–Trinajstić information content (AvgIpc) is 2.89. The fourth-order valence-corrected chi connectivity index (χ4v) is 3.54. The Balaban J connectivity index is 1.61. The number of hydrazine groups is 1. The number of nitrogens with one attached hydrogen (secondary N) is 1. The molecule has 3 rings (SSSR count). The van der Waals surface area contributed by atoms with Gasteiger partial charge >= 0.3 is 0 Å². The molecule has 0 bridgehead atoms. The van der Waals surface area contributed by atoms with Crippen LogP contribution in [0.25, 0.3) is 0 Å². The van der Waals surface area contributed by atoms with E-state index in [0.717, 1.165) is 24.5 Å². The standard InChI is InChI=1S/C16H24N2O/c17-18-14(10-12-6-2-1-3-7-12)16-11-13-8-4-5-9-15(13)19-16/h4-5,8-9,12,14,16,18H,1-3,6-7,10-11,17H2. The van der Waals surface area contributed by atoms with Gasteiger partial charge in [-0.15, -0.1) is 0 Å². The third-order valence-electron chi connectivity index (χ3n) is 4.65. The minimum absolute atomic E-state index is 0.198. The van der Waals surface area contributed by atoms with Crippen molar-refractivity contribution >= 4 is 0 Å². The van der Waals surface area contributed by atoms with Crippen molar-refractivity contribution in [3.8, 4) is 5.75 Å². The Bertz CT molecular complexity index is 390. The fraction of sp³-hybridized carbons (Fsp3) is 0.625. The van der Waals surface area contributed by atoms with Crippen molar-refractivity contribution in [1.82, 2.24) is 5.43 Å². The average molecular weight is 260 g/mol. The Morgan fingerprint density at radius 3 is 2.74 bits per heavy atom. The molecule has 3 nitrogen and oxygen atoms in total. The van der Waals surface area contributed by atoms with Gasteiger partial charge in [-0.3, -0.25) is 11.3 Å². The van der Waals surface area contributed by atoms with Crippen LogP contribution in [0.4, 0.5) is 0 Å². The highest BCUT2D eigenvalue weighted by Crippen LogP contribution is 2.33. The van der Waals surface area contributed by atoms with Gasteiger partial charge < -0.3 is 4.74 Å². The molecular weight excluding hydrogens is 236 g/mol. The first-order valence-electron chi connectivity index (χ1n) is 7.57. The topological polar surface area (TPSA) is 47.3 Å². The van der Waals surface area contributed by atoms with E-state index in [-0.39, 0.29) is 12.1 Å². The van der Waals surface area contributed by atoms with Gasteiger partial charge in [-0.25, -0.2) is 0 Å². The Morgan fingerprint density at radius 1 is 1.21 bits per heavy atom. The summed E-state index contributed by atoms with van der Waals surface area (Å²) in [6.45, 7) is 0. The second-order valence-corrected chi connectivity index (χ2v) is 5.98. The summed E-state index contributed by atoms with van der Waals surface area (Å²) in [5.41, 5.74) is 4.32. The lowest BCUT2D eigenvalue weighted by atomic mass is 9.83. The van der Waals surface area contributed by atoms with Gasteiger partial charge in [-0.1, -0.05) is 50.3 Å². The number of hydrogen-bond donors (Lipinski definition) is 2. The molecule has 1 aromatic carbocycles. The molecule has 0 amide bonds. The summed E-state index contributed by atoms with van der Waals surface area (Å²) in [5.74, 6) is 7.63. The number of fused-ring (bicyclic) bond motifs is 1. The van der Waals surface area contributed by atoms with Gasteiger partial charge in [0.2, 0.25) is 0 Å². The van der Waals surface area contributed by atoms with Crippen molar-refractivity contribution in [2.24, 2.45) is 11.8 Å². The van der Waals surface area contributed by atoms with Crippen molar-refractivity contribution in [3.63, 3.8) is 0 Å². The predicted molar refractivity (Wildman–Crippen MR) is 76.9 cm³/mol. The van der Waals surface area contributed by atoms with Crippen LogP contribution in [0.15, 0.2) is 24.3 Å². The van der Waals surface area contributed by atoms with E-state index >= 15 is 0 Å². The van der Waals surface area contributed by atoms with Crippen molar-refractivity contribution in [1.29, 1.82) is 0 Å². The van der Waals surface area contributed by atoms with Crippen molar-refractivity contribution < 1.29 is 4.74 Å². The summed E-state index contributed by atoms with van der Waals surface area (Å²) in [5, 5.41) is 0. The molecule has 19 heavy (non-hydrogen) atoms. The highest BCUT2D eigenvalue weighted by Gasteiger charge is 2.31. The van der Waals surface area contributed by atoms with Gasteiger partial charge in [0, 0.05) is 6.42 Å². The number of benzene rings is 1. The third-order valence-corrected chi connectivity index (χ3v) is 4.65. The second kappa shape index (κ2) is 5.93. The number of ether oxygens (including phenoxy) is 1. The zero-order valence-corrected chi connectivity index (χ0v) is 11.5. The van der Waals surface area contributed by atoms with E-state index in [4.69, 9.17) is 10.6 Å². The molecule has 3 heteroatoms. The number of rotatable bonds is 4. The monoisotopic (exact) mass is 260 g/mol. The van der Waals surface area contributed by atoms with Crippen LogP contribution >= 0.6 is 0 Å². The van der Waals surface area contributed by atoms with Gasteiger partial charge in [0.1, 0.15) is 11.9 Å². The second-order valence-electron chi connectivity index (χ2n) is 5.98. The van der Waals surface area contributed by atoms with Crippen LogP contribution in [0, 0.1) is 5.92 Å². The zero-order valence-electron chi connectivity index (χ0n) is 11.5. The molecule has 1 aliphatic carbocycles. The van der Waals surface area contributed by atoms with E-state index < -0.39 is 0 Å². The Labute approximate surface area is 115 Å². The van der Waals surface area contributed by atoms with Crippen LogP contribution in [-0.2, 0) is 6.42 Å². The van der Waals surface area contributed by atoms with E-state index in [9.17, 15) is 0 Å². The van der Waals surface area contributed by atoms with E-state index in [0.29, 0.717) is 0 Å². The summed E-state index contributed by atoms with van der Waals surface area (Å²) < 4.78 is 6.06. The van der Waals surface area contributed by atoms with Crippen LogP contribution in [-0.4, -0.2) is 12.1 Å². The minimum atomic E-state index is 0.198. The molecule has 104 valence electrons. The van der Waals surface area contributed by atoms with E-state index in [1.165, 1.54) is 37.7 Å². The number of hydrogen-bond acceptors (Lipinski definition) is 3. The van der Waals surface area contributed by atoms with Gasteiger partial charge in [-0.2, -0.15) is 0 Å². The fourth-order valence-electron chi connectivity index (χ4n) is 3.54. The molecule has 2 aliphatic rings. The lowest BCUT2D eigenvalue weighted by Gasteiger charge is -2.29. The first-order valence-corrected chi connectivity index (χ1v) is 7.57. The van der Waals surface area contributed by atoms with E-state index in [2.05, 4.69) is 23.6 Å². The molecule has 3 N–H and O–H groups in total. The molecule has 1 aromatic rings. The molecular formula is C16H24N2O. The number of nitrogens with two attached hydrogens (primary N) is 1. The molecule has 0 radical (unpaired) electrons. The van der Waals surface area contributed by atoms with Crippen LogP contribution in [0.5, 0.6) is 5.75 Å². The molecule has 1 heterocycles. The SMILES string of the molecule is NNC(CC1CCCCC1)C1Cc2ccccc2O1. The van der Waals surface area contributed by atoms with Gasteiger partial charge in [0.15, 0.2) is 0 Å². The Morgan fingerprint density at radius 2 is 2.00 bits per heavy atom. The lowest BCUT2D eigenvalue weighted by Crippen LogP contribution is -2.47. The van der Waals surface area contributed by atoms with Crippen LogP contribution in [0.2, 0.25) is 0 Å². The minimum Gasteiger partial charge on any atom is -0.488 e. The van der Waals surface area contributed by atoms with Crippen LogP contribution in [0.1, 0.15) is 44.1 Å². The van der Waals surface area contributed by atoms with Gasteiger partial charge in [0.25, 0.3) is 0 Å². The molecule has 0 aromatic heterocycles. The first kappa shape index (κ1) is 12.9. The highest BCUT2D eigenvalue weighted by atomic mass is 16.5. The molecule has 2 unspecified atom stereocenters. The van der Waals surface area contributed by atoms with Crippen molar-refractivity contribution in [2.75, 3.05) is 0 Å². The van der Waals surface area contributed by atoms with E-state index in [1.807, 2.05) is 6.07 Å². The van der Waals surface area contributed by atoms with Crippen molar-refractivity contribution in [2.45, 2.75) is 57.1 Å². The molecule has 1 fully saturated rings. The normalized spacial score (nSPS) is 24.8. The summed E-state index contributed by atoms with van der Waals surface area (Å²) in [4.78, 5) is 0. The molecule has 0 spiro atoms. The summed E-state index contributed by atoms with van der Waals surface area (Å²) in [6, 6.07) is 8.60. The van der Waals surface area contributed by atoms with E-state index in [1.54, 1.807) is 0 Å². The number of para-hydroxylation sites is 1. The zero-order chi connectivity index (χ0) is 13.1. The highest BCUT2D eigenvalue weighted by molar-refractivity contribution is 5.37. The van der Waals surface area contributed by atoms with Gasteiger partial charge in [0.05, 0.1) is 6.04 Å². The maximum absolute atomic E-state index is 6.06. The molecule has 1 aliphatic heterocycles. The van der Waals surface area contributed by atoms with Crippen LogP contribution < -0.4 is 16.0 Å². The molecule has 1 saturated carbocycles. The lowest BCUT2D eigenvalue weighted by molar-refractivity contribution is 0.151. The summed E-state index contributed by atoms with van der Waals surface area (Å²) in [7, 11) is 0. The quantitative estimate of drug-likeness (QED) is 0.646. The summed E-state index contributed by atoms with van der Waals surface area (Å²) >= 11 is 0. The Hall–Kier alpha value is -1.06. The maximum Gasteiger partial charge on any atom is 0.123 e. The maximum atomic E-state index is 6.06. The first-order chi connectivity index (χ1) is 9.36. The van der Waals surface area contributed by atoms with Gasteiger partial charge in [-0.05, 0) is 24.0 Å². The third kappa shape index (κ3) is 2.93. The molecule has 0 saturated heterocycles. The van der Waals surface area contributed by atoms with Crippen LogP contribution in [0.3, 0.4) is 0 Å². The Kier molecular flexibility index (Phi) is 4.04.